The molecular formula is C11H22N2O. The van der Waals surface area contributed by atoms with Crippen molar-refractivity contribution in [2.75, 3.05) is 6.54 Å². The molecule has 0 bridgehead atoms. The summed E-state index contributed by atoms with van der Waals surface area (Å²) in [6.45, 7) is 6.40. The molecule has 82 valence electrons. The standard InChI is InChI=1S/C11H22N2O/c1-9(2)11(14)13-8-6-4-5-7-10(3)12/h9,12H,4-8H2,1-3H3,(H,13,14). The van der Waals surface area contributed by atoms with Crippen LogP contribution in [0.4, 0.5) is 0 Å². The van der Waals surface area contributed by atoms with Gasteiger partial charge in [0.05, 0.1) is 0 Å². The molecule has 0 radical (unpaired) electrons. The fraction of sp³-hybridized carbons (Fsp3) is 0.818. The van der Waals surface area contributed by atoms with Gasteiger partial charge in [-0.15, -0.1) is 0 Å². The summed E-state index contributed by atoms with van der Waals surface area (Å²) >= 11 is 0. The van der Waals surface area contributed by atoms with Gasteiger partial charge in [-0.25, -0.2) is 0 Å². The molecule has 0 atom stereocenters. The zero-order valence-corrected chi connectivity index (χ0v) is 9.52. The summed E-state index contributed by atoms with van der Waals surface area (Å²) in [6.07, 6.45) is 4.06. The summed E-state index contributed by atoms with van der Waals surface area (Å²) < 4.78 is 0. The van der Waals surface area contributed by atoms with Crippen LogP contribution in [0.15, 0.2) is 0 Å². The first-order valence-electron chi connectivity index (χ1n) is 5.35. The lowest BCUT2D eigenvalue weighted by atomic mass is 10.1. The summed E-state index contributed by atoms with van der Waals surface area (Å²) in [5.41, 5.74) is 0.746. The molecule has 0 saturated heterocycles. The van der Waals surface area contributed by atoms with Crippen molar-refractivity contribution >= 4 is 11.6 Å². The van der Waals surface area contributed by atoms with Gasteiger partial charge < -0.3 is 10.7 Å². The Labute approximate surface area is 86.8 Å². The van der Waals surface area contributed by atoms with Gasteiger partial charge in [-0.3, -0.25) is 4.79 Å². The minimum absolute atomic E-state index is 0.0822. The Hall–Kier alpha value is -0.860. The summed E-state index contributed by atoms with van der Waals surface area (Å²) in [5.74, 6) is 0.215. The number of carbonyl (C=O) groups excluding carboxylic acids is 1. The molecule has 0 aromatic heterocycles. The zero-order chi connectivity index (χ0) is 11.0. The maximum Gasteiger partial charge on any atom is 0.222 e. The SMILES string of the molecule is CC(=N)CCCCCNC(=O)C(C)C. The number of rotatable bonds is 7. The highest BCUT2D eigenvalue weighted by molar-refractivity contribution is 5.78. The van der Waals surface area contributed by atoms with Crippen molar-refractivity contribution in [2.24, 2.45) is 5.92 Å². The summed E-state index contributed by atoms with van der Waals surface area (Å²) in [6, 6.07) is 0. The van der Waals surface area contributed by atoms with Gasteiger partial charge >= 0.3 is 0 Å². The molecule has 3 nitrogen and oxygen atoms in total. The predicted molar refractivity (Wildman–Crippen MR) is 59.7 cm³/mol. The third-order valence-electron chi connectivity index (χ3n) is 2.05. The van der Waals surface area contributed by atoms with Crippen LogP contribution in [0.25, 0.3) is 0 Å². The normalized spacial score (nSPS) is 10.3. The summed E-state index contributed by atoms with van der Waals surface area (Å²) in [7, 11) is 0. The largest absolute Gasteiger partial charge is 0.356 e. The van der Waals surface area contributed by atoms with E-state index in [-0.39, 0.29) is 11.8 Å². The van der Waals surface area contributed by atoms with Crippen molar-refractivity contribution in [1.29, 1.82) is 5.41 Å². The van der Waals surface area contributed by atoms with Crippen LogP contribution >= 0.6 is 0 Å². The topological polar surface area (TPSA) is 53.0 Å². The van der Waals surface area contributed by atoms with E-state index >= 15 is 0 Å². The van der Waals surface area contributed by atoms with Gasteiger partial charge in [0.15, 0.2) is 0 Å². The molecule has 0 aromatic rings. The van der Waals surface area contributed by atoms with Crippen LogP contribution in [0.3, 0.4) is 0 Å². The van der Waals surface area contributed by atoms with E-state index in [4.69, 9.17) is 5.41 Å². The zero-order valence-electron chi connectivity index (χ0n) is 9.52. The lowest BCUT2D eigenvalue weighted by Gasteiger charge is -2.06. The highest BCUT2D eigenvalue weighted by Crippen LogP contribution is 2.00. The van der Waals surface area contributed by atoms with Gasteiger partial charge in [-0.05, 0) is 26.2 Å². The molecule has 2 N–H and O–H groups in total. The third kappa shape index (κ3) is 7.77. The van der Waals surface area contributed by atoms with Gasteiger partial charge in [-0.1, -0.05) is 20.3 Å². The van der Waals surface area contributed by atoms with Crippen molar-refractivity contribution in [1.82, 2.24) is 5.32 Å². The molecule has 0 unspecified atom stereocenters. The van der Waals surface area contributed by atoms with E-state index in [0.717, 1.165) is 37.9 Å². The third-order valence-corrected chi connectivity index (χ3v) is 2.05. The fourth-order valence-electron chi connectivity index (χ4n) is 1.11. The van der Waals surface area contributed by atoms with Gasteiger partial charge in [0.2, 0.25) is 5.91 Å². The van der Waals surface area contributed by atoms with E-state index in [2.05, 4.69) is 5.32 Å². The maximum atomic E-state index is 11.1. The predicted octanol–water partition coefficient (Wildman–Crippen LogP) is 2.36. The first kappa shape index (κ1) is 13.1. The lowest BCUT2D eigenvalue weighted by molar-refractivity contribution is -0.123. The highest BCUT2D eigenvalue weighted by Gasteiger charge is 2.04. The Morgan fingerprint density at radius 3 is 2.43 bits per heavy atom. The van der Waals surface area contributed by atoms with Crippen LogP contribution in [0, 0.1) is 11.3 Å². The molecule has 0 spiro atoms. The molecule has 0 saturated carbocycles. The monoisotopic (exact) mass is 198 g/mol. The molecule has 0 heterocycles. The van der Waals surface area contributed by atoms with Crippen LogP contribution < -0.4 is 5.32 Å². The Balaban J connectivity index is 3.22. The quantitative estimate of drug-likeness (QED) is 0.479. The second kappa shape index (κ2) is 7.54. The smallest absolute Gasteiger partial charge is 0.222 e. The first-order chi connectivity index (χ1) is 6.54. The molecule has 0 aliphatic heterocycles. The second-order valence-electron chi connectivity index (χ2n) is 4.04. The number of amides is 1. The number of nitrogens with one attached hydrogen (secondary N) is 2. The van der Waals surface area contributed by atoms with E-state index in [9.17, 15) is 4.79 Å². The van der Waals surface area contributed by atoms with E-state index in [1.54, 1.807) is 0 Å². The van der Waals surface area contributed by atoms with Gasteiger partial charge in [0.25, 0.3) is 0 Å². The number of carbonyl (C=O) groups is 1. The molecule has 0 fully saturated rings. The van der Waals surface area contributed by atoms with Crippen molar-refractivity contribution in [3.05, 3.63) is 0 Å². The number of unbranched alkanes of at least 4 members (excludes halogenated alkanes) is 2. The van der Waals surface area contributed by atoms with Gasteiger partial charge in [0, 0.05) is 18.2 Å². The Bertz CT molecular complexity index is 188. The van der Waals surface area contributed by atoms with E-state index in [0.29, 0.717) is 0 Å². The van der Waals surface area contributed by atoms with Crippen LogP contribution in [0.1, 0.15) is 46.5 Å². The van der Waals surface area contributed by atoms with Crippen molar-refractivity contribution in [2.45, 2.75) is 46.5 Å². The van der Waals surface area contributed by atoms with E-state index < -0.39 is 0 Å². The Morgan fingerprint density at radius 1 is 1.29 bits per heavy atom. The minimum Gasteiger partial charge on any atom is -0.356 e. The van der Waals surface area contributed by atoms with Crippen LogP contribution in [-0.4, -0.2) is 18.2 Å². The van der Waals surface area contributed by atoms with Crippen LogP contribution in [0.2, 0.25) is 0 Å². The van der Waals surface area contributed by atoms with Crippen LogP contribution in [-0.2, 0) is 4.79 Å². The van der Waals surface area contributed by atoms with E-state index in [1.165, 1.54) is 0 Å². The van der Waals surface area contributed by atoms with Gasteiger partial charge in [0.1, 0.15) is 0 Å². The fourth-order valence-corrected chi connectivity index (χ4v) is 1.11. The molecule has 0 aliphatic carbocycles. The minimum atomic E-state index is 0.0822. The average Bonchev–Trinajstić information content (AvgIpc) is 2.09. The molecule has 1 amide bonds. The average molecular weight is 198 g/mol. The number of hydrogen-bond donors (Lipinski definition) is 2. The van der Waals surface area contributed by atoms with Crippen molar-refractivity contribution in [3.8, 4) is 0 Å². The maximum absolute atomic E-state index is 11.1. The summed E-state index contributed by atoms with van der Waals surface area (Å²) in [5, 5.41) is 10.1. The summed E-state index contributed by atoms with van der Waals surface area (Å²) in [4.78, 5) is 11.1. The lowest BCUT2D eigenvalue weighted by Crippen LogP contribution is -2.28. The first-order valence-corrected chi connectivity index (χ1v) is 5.35. The highest BCUT2D eigenvalue weighted by atomic mass is 16.1. The molecule has 0 rings (SSSR count). The molecule has 0 aromatic carbocycles. The van der Waals surface area contributed by atoms with Gasteiger partial charge in [-0.2, -0.15) is 0 Å². The van der Waals surface area contributed by atoms with Crippen LogP contribution in [0.5, 0.6) is 0 Å². The molecule has 14 heavy (non-hydrogen) atoms. The van der Waals surface area contributed by atoms with Crippen molar-refractivity contribution < 1.29 is 4.79 Å². The molecule has 0 aliphatic rings. The Morgan fingerprint density at radius 2 is 1.93 bits per heavy atom. The van der Waals surface area contributed by atoms with E-state index in [1.807, 2.05) is 20.8 Å². The second-order valence-corrected chi connectivity index (χ2v) is 4.04. The molecule has 3 heteroatoms. The van der Waals surface area contributed by atoms with Crippen molar-refractivity contribution in [3.63, 3.8) is 0 Å². The molecular weight excluding hydrogens is 176 g/mol. The Kier molecular flexibility index (Phi) is 7.07. The number of hydrogen-bond acceptors (Lipinski definition) is 2.